The molecule has 3 unspecified atom stereocenters. The van der Waals surface area contributed by atoms with E-state index in [4.69, 9.17) is 10.8 Å². The van der Waals surface area contributed by atoms with E-state index >= 15 is 0 Å². The summed E-state index contributed by atoms with van der Waals surface area (Å²) in [6, 6.07) is -2.58. The highest BCUT2D eigenvalue weighted by atomic mass is 16.4. The van der Waals surface area contributed by atoms with Crippen molar-refractivity contribution in [3.8, 4) is 0 Å². The zero-order valence-corrected chi connectivity index (χ0v) is 12.7. The largest absolute Gasteiger partial charge is 0.480 e. The molecule has 9 heteroatoms. The van der Waals surface area contributed by atoms with Gasteiger partial charge in [0.2, 0.25) is 17.7 Å². The molecule has 3 amide bonds. The van der Waals surface area contributed by atoms with Crippen LogP contribution in [-0.2, 0) is 19.2 Å². The second-order valence-corrected chi connectivity index (χ2v) is 5.25. The van der Waals surface area contributed by atoms with Crippen molar-refractivity contribution in [3.05, 3.63) is 0 Å². The Morgan fingerprint density at radius 1 is 1.23 bits per heavy atom. The average Bonchev–Trinajstić information content (AvgIpc) is 2.95. The fourth-order valence-electron chi connectivity index (χ4n) is 2.23. The van der Waals surface area contributed by atoms with Crippen molar-refractivity contribution in [3.63, 3.8) is 0 Å². The Labute approximate surface area is 128 Å². The van der Waals surface area contributed by atoms with Gasteiger partial charge in [0.1, 0.15) is 18.1 Å². The molecule has 1 aliphatic rings. The standard InChI is InChI=1S/C13H22N4O5/c1-7(11(19)16-8(2)13(21)22)15-12(20)9-4-3-5-17(9)10(18)6-14/h7-9H,3-6,14H2,1-2H3,(H,15,20)(H,16,19)(H,21,22). The summed E-state index contributed by atoms with van der Waals surface area (Å²) in [7, 11) is 0. The van der Waals surface area contributed by atoms with Gasteiger partial charge in [-0.2, -0.15) is 0 Å². The minimum Gasteiger partial charge on any atom is -0.480 e. The van der Waals surface area contributed by atoms with Gasteiger partial charge in [-0.15, -0.1) is 0 Å². The molecule has 1 aliphatic heterocycles. The van der Waals surface area contributed by atoms with Gasteiger partial charge in [-0.1, -0.05) is 0 Å². The number of likely N-dealkylation sites (tertiary alicyclic amines) is 1. The summed E-state index contributed by atoms with van der Waals surface area (Å²) >= 11 is 0. The number of amides is 3. The number of hydrogen-bond acceptors (Lipinski definition) is 5. The van der Waals surface area contributed by atoms with E-state index < -0.39 is 35.9 Å². The lowest BCUT2D eigenvalue weighted by molar-refractivity contribution is -0.142. The van der Waals surface area contributed by atoms with Crippen molar-refractivity contribution < 1.29 is 24.3 Å². The summed E-state index contributed by atoms with van der Waals surface area (Å²) in [5.41, 5.74) is 5.30. The Hall–Kier alpha value is -2.16. The van der Waals surface area contributed by atoms with Gasteiger partial charge in [0.25, 0.3) is 0 Å². The van der Waals surface area contributed by atoms with E-state index in [9.17, 15) is 19.2 Å². The molecule has 0 bridgehead atoms. The van der Waals surface area contributed by atoms with Crippen molar-refractivity contribution >= 4 is 23.7 Å². The summed E-state index contributed by atoms with van der Waals surface area (Å²) < 4.78 is 0. The van der Waals surface area contributed by atoms with Crippen LogP contribution in [0.2, 0.25) is 0 Å². The molecule has 22 heavy (non-hydrogen) atoms. The van der Waals surface area contributed by atoms with Crippen LogP contribution < -0.4 is 16.4 Å². The number of carbonyl (C=O) groups excluding carboxylic acids is 3. The maximum Gasteiger partial charge on any atom is 0.325 e. The van der Waals surface area contributed by atoms with Crippen LogP contribution in [0.5, 0.6) is 0 Å². The second kappa shape index (κ2) is 7.74. The van der Waals surface area contributed by atoms with Crippen LogP contribution in [0.1, 0.15) is 26.7 Å². The van der Waals surface area contributed by atoms with E-state index in [1.165, 1.54) is 18.7 Å². The number of aliphatic carboxylic acids is 1. The van der Waals surface area contributed by atoms with E-state index in [2.05, 4.69) is 10.6 Å². The molecular formula is C13H22N4O5. The fourth-order valence-corrected chi connectivity index (χ4v) is 2.23. The van der Waals surface area contributed by atoms with Crippen LogP contribution >= 0.6 is 0 Å². The molecular weight excluding hydrogens is 292 g/mol. The summed E-state index contributed by atoms with van der Waals surface area (Å²) in [5.74, 6) is -2.51. The highest BCUT2D eigenvalue weighted by molar-refractivity contribution is 5.93. The Morgan fingerprint density at radius 3 is 2.41 bits per heavy atom. The van der Waals surface area contributed by atoms with Gasteiger partial charge in [0.15, 0.2) is 0 Å². The van der Waals surface area contributed by atoms with Gasteiger partial charge >= 0.3 is 5.97 Å². The Balaban J connectivity index is 2.58. The Kier molecular flexibility index (Phi) is 6.29. The normalized spacial score (nSPS) is 20.1. The van der Waals surface area contributed by atoms with Crippen molar-refractivity contribution in [2.45, 2.75) is 44.8 Å². The number of carboxylic acids is 1. The van der Waals surface area contributed by atoms with Gasteiger partial charge < -0.3 is 26.4 Å². The molecule has 0 saturated carbocycles. The highest BCUT2D eigenvalue weighted by Gasteiger charge is 2.34. The maximum absolute atomic E-state index is 12.2. The van der Waals surface area contributed by atoms with E-state index in [0.29, 0.717) is 19.4 Å². The summed E-state index contributed by atoms with van der Waals surface area (Å²) in [4.78, 5) is 47.7. The topological polar surface area (TPSA) is 142 Å². The molecule has 5 N–H and O–H groups in total. The molecule has 0 aromatic rings. The predicted molar refractivity (Wildman–Crippen MR) is 76.6 cm³/mol. The van der Waals surface area contributed by atoms with Crippen LogP contribution in [0, 0.1) is 0 Å². The van der Waals surface area contributed by atoms with Crippen molar-refractivity contribution in [1.29, 1.82) is 0 Å². The second-order valence-electron chi connectivity index (χ2n) is 5.25. The highest BCUT2D eigenvalue weighted by Crippen LogP contribution is 2.17. The van der Waals surface area contributed by atoms with Crippen LogP contribution in [-0.4, -0.2) is 64.9 Å². The molecule has 0 radical (unpaired) electrons. The number of nitrogens with one attached hydrogen (secondary N) is 2. The molecule has 1 saturated heterocycles. The maximum atomic E-state index is 12.2. The monoisotopic (exact) mass is 314 g/mol. The van der Waals surface area contributed by atoms with Crippen LogP contribution in [0.25, 0.3) is 0 Å². The quantitative estimate of drug-likeness (QED) is 0.448. The van der Waals surface area contributed by atoms with Gasteiger partial charge in [0, 0.05) is 6.54 Å². The zero-order chi connectivity index (χ0) is 16.9. The molecule has 0 aromatic carbocycles. The lowest BCUT2D eigenvalue weighted by Gasteiger charge is -2.25. The first kappa shape index (κ1) is 17.9. The molecule has 1 fully saturated rings. The third-order valence-corrected chi connectivity index (χ3v) is 3.53. The lowest BCUT2D eigenvalue weighted by Crippen LogP contribution is -2.54. The van der Waals surface area contributed by atoms with Crippen LogP contribution in [0.3, 0.4) is 0 Å². The molecule has 9 nitrogen and oxygen atoms in total. The third-order valence-electron chi connectivity index (χ3n) is 3.53. The Morgan fingerprint density at radius 2 is 1.86 bits per heavy atom. The van der Waals surface area contributed by atoms with E-state index in [0.717, 1.165) is 0 Å². The smallest absolute Gasteiger partial charge is 0.325 e. The third kappa shape index (κ3) is 4.42. The van der Waals surface area contributed by atoms with E-state index in [1.54, 1.807) is 0 Å². The number of hydrogen-bond donors (Lipinski definition) is 4. The zero-order valence-electron chi connectivity index (χ0n) is 12.7. The Bertz CT molecular complexity index is 467. The summed E-state index contributed by atoms with van der Waals surface area (Å²) in [6.07, 6.45) is 1.21. The number of carboxylic acid groups (broad SMARTS) is 1. The molecule has 1 rings (SSSR count). The van der Waals surface area contributed by atoms with Gasteiger partial charge in [-0.05, 0) is 26.7 Å². The van der Waals surface area contributed by atoms with E-state index in [-0.39, 0.29) is 12.5 Å². The number of nitrogens with two attached hydrogens (primary N) is 1. The summed E-state index contributed by atoms with van der Waals surface area (Å²) in [5, 5.41) is 13.5. The van der Waals surface area contributed by atoms with Gasteiger partial charge in [0.05, 0.1) is 6.54 Å². The SMILES string of the molecule is CC(NC(=O)C(C)NC(=O)C1CCCN1C(=O)CN)C(=O)O. The predicted octanol–water partition coefficient (Wildman–Crippen LogP) is -1.97. The first-order chi connectivity index (χ1) is 10.3. The minimum absolute atomic E-state index is 0.171. The molecule has 0 aromatic heterocycles. The first-order valence-electron chi connectivity index (χ1n) is 7.11. The van der Waals surface area contributed by atoms with Crippen molar-refractivity contribution in [1.82, 2.24) is 15.5 Å². The van der Waals surface area contributed by atoms with Crippen LogP contribution in [0.15, 0.2) is 0 Å². The molecule has 1 heterocycles. The lowest BCUT2D eigenvalue weighted by atomic mass is 10.2. The van der Waals surface area contributed by atoms with E-state index in [1.807, 2.05) is 0 Å². The van der Waals surface area contributed by atoms with Crippen molar-refractivity contribution in [2.24, 2.45) is 5.73 Å². The minimum atomic E-state index is -1.16. The summed E-state index contributed by atoms with van der Waals surface area (Å²) in [6.45, 7) is 3.07. The number of nitrogens with zero attached hydrogens (tertiary/aromatic N) is 1. The van der Waals surface area contributed by atoms with Crippen LogP contribution in [0.4, 0.5) is 0 Å². The first-order valence-corrected chi connectivity index (χ1v) is 7.11. The molecule has 0 aliphatic carbocycles. The van der Waals surface area contributed by atoms with Gasteiger partial charge in [-0.3, -0.25) is 19.2 Å². The molecule has 0 spiro atoms. The van der Waals surface area contributed by atoms with Crippen molar-refractivity contribution in [2.75, 3.05) is 13.1 Å². The molecule has 3 atom stereocenters. The molecule has 124 valence electrons. The average molecular weight is 314 g/mol. The van der Waals surface area contributed by atoms with Gasteiger partial charge in [-0.25, -0.2) is 0 Å². The number of rotatable bonds is 6. The fraction of sp³-hybridized carbons (Fsp3) is 0.692. The number of carbonyl (C=O) groups is 4.